The first-order valence-electron chi connectivity index (χ1n) is 9.07. The molecule has 0 saturated heterocycles. The Bertz CT molecular complexity index is 920. The number of benzene rings is 2. The van der Waals surface area contributed by atoms with Crippen LogP contribution in [0.1, 0.15) is 32.8 Å². The summed E-state index contributed by atoms with van der Waals surface area (Å²) in [5.41, 5.74) is 0.494. The van der Waals surface area contributed by atoms with Gasteiger partial charge in [-0.3, -0.25) is 9.59 Å². The van der Waals surface area contributed by atoms with Crippen LogP contribution in [-0.2, 0) is 9.59 Å². The number of carbonyl (C=O) groups excluding carboxylic acids is 2. The van der Waals surface area contributed by atoms with Crippen LogP contribution in [0.25, 0.3) is 0 Å². The van der Waals surface area contributed by atoms with E-state index in [4.69, 9.17) is 39.5 Å². The Morgan fingerprint density at radius 1 is 1.10 bits per heavy atom. The Kier molecular flexibility index (Phi) is 7.80. The zero-order chi connectivity index (χ0) is 21.8. The second-order valence-electron chi connectivity index (χ2n) is 6.90. The predicted molar refractivity (Wildman–Crippen MR) is 118 cm³/mol. The highest BCUT2D eigenvalue weighted by Gasteiger charge is 2.35. The number of amides is 2. The molecule has 0 aliphatic carbocycles. The fourth-order valence-corrected chi connectivity index (χ4v) is 3.07. The fourth-order valence-electron chi connectivity index (χ4n) is 2.49. The van der Waals surface area contributed by atoms with Crippen LogP contribution >= 0.6 is 34.8 Å². The Labute approximate surface area is 185 Å². The van der Waals surface area contributed by atoms with Crippen molar-refractivity contribution in [3.8, 4) is 5.75 Å². The monoisotopic (exact) mass is 456 g/mol. The zero-order valence-corrected chi connectivity index (χ0v) is 18.9. The summed E-state index contributed by atoms with van der Waals surface area (Å²) in [5.74, 6) is -0.551. The summed E-state index contributed by atoms with van der Waals surface area (Å²) in [6, 6.07) is 10.3. The highest BCUT2D eigenvalue weighted by molar-refractivity contribution is 6.43. The molecule has 2 N–H and O–H groups in total. The van der Waals surface area contributed by atoms with Gasteiger partial charge in [0, 0.05) is 11.8 Å². The normalized spacial score (nSPS) is 13.9. The molecule has 0 aromatic heterocycles. The van der Waals surface area contributed by atoms with Gasteiger partial charge in [0.1, 0.15) is 11.3 Å². The van der Waals surface area contributed by atoms with Crippen molar-refractivity contribution >= 4 is 52.3 Å². The van der Waals surface area contributed by atoms with E-state index in [1.54, 1.807) is 13.8 Å². The van der Waals surface area contributed by atoms with Crippen LogP contribution in [0.15, 0.2) is 36.4 Å². The van der Waals surface area contributed by atoms with Crippen LogP contribution in [0, 0.1) is 6.92 Å². The van der Waals surface area contributed by atoms with Crippen molar-refractivity contribution in [2.75, 3.05) is 5.32 Å². The Morgan fingerprint density at radius 2 is 1.72 bits per heavy atom. The van der Waals surface area contributed by atoms with Crippen LogP contribution < -0.4 is 15.4 Å². The molecule has 0 aliphatic rings. The molecule has 29 heavy (non-hydrogen) atoms. The molecule has 2 rings (SSSR count). The van der Waals surface area contributed by atoms with Gasteiger partial charge in [0.2, 0.25) is 5.91 Å². The number of hydrogen-bond acceptors (Lipinski definition) is 3. The molecule has 156 valence electrons. The lowest BCUT2D eigenvalue weighted by Gasteiger charge is -2.30. The molecule has 2 aromatic carbocycles. The maximum absolute atomic E-state index is 12.9. The van der Waals surface area contributed by atoms with Crippen molar-refractivity contribution in [3.05, 3.63) is 57.0 Å². The highest BCUT2D eigenvalue weighted by Crippen LogP contribution is 2.34. The molecular weight excluding hydrogens is 435 g/mol. The molecule has 0 heterocycles. The second-order valence-corrected chi connectivity index (χ2v) is 8.12. The van der Waals surface area contributed by atoms with Gasteiger partial charge in [-0.2, -0.15) is 0 Å². The Morgan fingerprint density at radius 3 is 2.34 bits per heavy atom. The molecule has 0 bridgehead atoms. The van der Waals surface area contributed by atoms with E-state index in [0.29, 0.717) is 12.1 Å². The standard InChI is InChI=1S/C21H23Cl3N2O3/c1-5-21(4,20(28)25-17-9-7-6-8-12(17)2)26-19(27)13(3)29-18-11-15(23)14(22)10-16(18)24/h6-11,13H,5H2,1-4H3,(H,25,28)(H,26,27)/t13-,21-/m0/s1. The van der Waals surface area contributed by atoms with Crippen LogP contribution in [-0.4, -0.2) is 23.5 Å². The Hall–Kier alpha value is -1.95. The maximum atomic E-state index is 12.9. The average Bonchev–Trinajstić information content (AvgIpc) is 2.67. The van der Waals surface area contributed by atoms with E-state index in [-0.39, 0.29) is 26.7 Å². The van der Waals surface area contributed by atoms with E-state index in [1.807, 2.05) is 38.1 Å². The minimum atomic E-state index is -1.13. The van der Waals surface area contributed by atoms with Crippen LogP contribution in [0.4, 0.5) is 5.69 Å². The lowest BCUT2D eigenvalue weighted by molar-refractivity contribution is -0.134. The van der Waals surface area contributed by atoms with E-state index in [9.17, 15) is 9.59 Å². The van der Waals surface area contributed by atoms with E-state index in [1.165, 1.54) is 12.1 Å². The van der Waals surface area contributed by atoms with Gasteiger partial charge in [0.05, 0.1) is 15.1 Å². The van der Waals surface area contributed by atoms with E-state index >= 15 is 0 Å². The van der Waals surface area contributed by atoms with Gasteiger partial charge in [-0.05, 0) is 44.9 Å². The quantitative estimate of drug-likeness (QED) is 0.528. The van der Waals surface area contributed by atoms with Gasteiger partial charge in [-0.25, -0.2) is 0 Å². The highest BCUT2D eigenvalue weighted by atomic mass is 35.5. The molecule has 0 radical (unpaired) electrons. The fraction of sp³-hybridized carbons (Fsp3) is 0.333. The molecule has 0 fully saturated rings. The van der Waals surface area contributed by atoms with Crippen molar-refractivity contribution in [1.82, 2.24) is 5.32 Å². The number of halogens is 3. The number of anilines is 1. The number of hydrogen-bond donors (Lipinski definition) is 2. The van der Waals surface area contributed by atoms with Crippen molar-refractivity contribution in [2.24, 2.45) is 0 Å². The SMILES string of the molecule is CC[C@](C)(NC(=O)[C@H](C)Oc1cc(Cl)c(Cl)cc1Cl)C(=O)Nc1ccccc1C. The summed E-state index contributed by atoms with van der Waals surface area (Å²) < 4.78 is 5.63. The molecule has 5 nitrogen and oxygen atoms in total. The van der Waals surface area contributed by atoms with Crippen LogP contribution in [0.3, 0.4) is 0 Å². The average molecular weight is 458 g/mol. The predicted octanol–water partition coefficient (Wildman–Crippen LogP) is 5.65. The third-order valence-corrected chi connectivity index (χ3v) is 5.67. The van der Waals surface area contributed by atoms with E-state index < -0.39 is 17.6 Å². The summed E-state index contributed by atoms with van der Waals surface area (Å²) in [5, 5.41) is 6.42. The third kappa shape index (κ3) is 5.78. The minimum Gasteiger partial charge on any atom is -0.479 e. The smallest absolute Gasteiger partial charge is 0.261 e. The van der Waals surface area contributed by atoms with Crippen LogP contribution in [0.2, 0.25) is 15.1 Å². The largest absolute Gasteiger partial charge is 0.479 e. The molecule has 8 heteroatoms. The zero-order valence-electron chi connectivity index (χ0n) is 16.6. The Balaban J connectivity index is 2.10. The summed E-state index contributed by atoms with van der Waals surface area (Å²) in [4.78, 5) is 25.5. The maximum Gasteiger partial charge on any atom is 0.261 e. The minimum absolute atomic E-state index is 0.228. The first kappa shape index (κ1) is 23.3. The van der Waals surface area contributed by atoms with Gasteiger partial charge in [-0.15, -0.1) is 0 Å². The van der Waals surface area contributed by atoms with Gasteiger partial charge in [0.25, 0.3) is 5.91 Å². The number of rotatable bonds is 7. The van der Waals surface area contributed by atoms with E-state index in [2.05, 4.69) is 10.6 Å². The molecule has 0 saturated carbocycles. The summed E-state index contributed by atoms with van der Waals surface area (Å²) in [6.45, 7) is 6.94. The molecule has 0 spiro atoms. The summed E-state index contributed by atoms with van der Waals surface area (Å²) in [7, 11) is 0. The molecule has 2 aromatic rings. The summed E-state index contributed by atoms with van der Waals surface area (Å²) in [6.07, 6.45) is -0.529. The molecule has 0 unspecified atom stereocenters. The van der Waals surface area contributed by atoms with Crippen molar-refractivity contribution in [1.29, 1.82) is 0 Å². The topological polar surface area (TPSA) is 67.4 Å². The second kappa shape index (κ2) is 9.70. The van der Waals surface area contributed by atoms with Gasteiger partial charge >= 0.3 is 0 Å². The molecular formula is C21H23Cl3N2O3. The van der Waals surface area contributed by atoms with Crippen molar-refractivity contribution < 1.29 is 14.3 Å². The van der Waals surface area contributed by atoms with E-state index in [0.717, 1.165) is 5.56 Å². The van der Waals surface area contributed by atoms with Crippen molar-refractivity contribution in [2.45, 2.75) is 45.8 Å². The number of nitrogens with one attached hydrogen (secondary N) is 2. The molecule has 2 amide bonds. The molecule has 0 aliphatic heterocycles. The van der Waals surface area contributed by atoms with Crippen molar-refractivity contribution in [3.63, 3.8) is 0 Å². The third-order valence-electron chi connectivity index (χ3n) is 4.65. The number of ether oxygens (including phenoxy) is 1. The number of aryl methyl sites for hydroxylation is 1. The van der Waals surface area contributed by atoms with Gasteiger partial charge in [-0.1, -0.05) is 59.9 Å². The summed E-state index contributed by atoms with van der Waals surface area (Å²) >= 11 is 18.0. The first-order chi connectivity index (χ1) is 13.6. The number of carbonyl (C=O) groups is 2. The lowest BCUT2D eigenvalue weighted by Crippen LogP contribution is -2.56. The first-order valence-corrected chi connectivity index (χ1v) is 10.2. The van der Waals surface area contributed by atoms with Gasteiger partial charge < -0.3 is 15.4 Å². The van der Waals surface area contributed by atoms with Crippen LogP contribution in [0.5, 0.6) is 5.75 Å². The lowest BCUT2D eigenvalue weighted by atomic mass is 9.96. The van der Waals surface area contributed by atoms with Gasteiger partial charge in [0.15, 0.2) is 6.10 Å². The number of para-hydroxylation sites is 1. The molecule has 2 atom stereocenters.